The topological polar surface area (TPSA) is 50.4 Å². The average Bonchev–Trinajstić information content (AvgIpc) is 2.30. The summed E-state index contributed by atoms with van der Waals surface area (Å²) in [5.74, 6) is 0.418. The summed E-state index contributed by atoms with van der Waals surface area (Å²) in [4.78, 5) is 12.0. The molecule has 2 saturated heterocycles. The van der Waals surface area contributed by atoms with Crippen molar-refractivity contribution in [1.82, 2.24) is 10.6 Å². The molecule has 2 N–H and O–H groups in total. The van der Waals surface area contributed by atoms with E-state index in [4.69, 9.17) is 4.74 Å². The maximum Gasteiger partial charge on any atom is 0.223 e. The van der Waals surface area contributed by atoms with Crippen LogP contribution in [0.25, 0.3) is 0 Å². The van der Waals surface area contributed by atoms with Crippen LogP contribution in [0, 0.1) is 5.92 Å². The van der Waals surface area contributed by atoms with Crippen LogP contribution in [0.15, 0.2) is 0 Å². The Kier molecular flexibility index (Phi) is 4.18. The molecule has 0 aliphatic carbocycles. The van der Waals surface area contributed by atoms with E-state index >= 15 is 0 Å². The molecule has 4 nitrogen and oxygen atoms in total. The molecule has 0 spiro atoms. The lowest BCUT2D eigenvalue weighted by molar-refractivity contribution is -0.128. The van der Waals surface area contributed by atoms with Gasteiger partial charge in [-0.1, -0.05) is 0 Å². The van der Waals surface area contributed by atoms with Crippen LogP contribution in [0.2, 0.25) is 0 Å². The molecule has 4 heteroatoms. The maximum absolute atomic E-state index is 12.0. The second-order valence-corrected chi connectivity index (χ2v) is 4.97. The largest absolute Gasteiger partial charge is 0.381 e. The Morgan fingerprint density at radius 1 is 1.31 bits per heavy atom. The number of rotatable bonds is 2. The smallest absolute Gasteiger partial charge is 0.223 e. The van der Waals surface area contributed by atoms with Crippen molar-refractivity contribution in [2.24, 2.45) is 5.92 Å². The lowest BCUT2D eigenvalue weighted by Gasteiger charge is -2.30. The van der Waals surface area contributed by atoms with E-state index in [1.54, 1.807) is 0 Å². The van der Waals surface area contributed by atoms with Gasteiger partial charge in [0.05, 0.1) is 0 Å². The van der Waals surface area contributed by atoms with Gasteiger partial charge in [-0.3, -0.25) is 4.79 Å². The highest BCUT2D eigenvalue weighted by atomic mass is 16.5. The van der Waals surface area contributed by atoms with Gasteiger partial charge in [0, 0.05) is 31.2 Å². The molecule has 2 aliphatic rings. The quantitative estimate of drug-likeness (QED) is 0.727. The first-order valence-corrected chi connectivity index (χ1v) is 6.37. The normalized spacial score (nSPS) is 32.3. The third-order valence-electron chi connectivity index (χ3n) is 3.56. The minimum absolute atomic E-state index is 0.180. The minimum Gasteiger partial charge on any atom is -0.381 e. The zero-order chi connectivity index (χ0) is 11.4. The molecule has 2 atom stereocenters. The number of hydrogen-bond acceptors (Lipinski definition) is 3. The molecule has 2 rings (SSSR count). The van der Waals surface area contributed by atoms with Gasteiger partial charge in [0.15, 0.2) is 0 Å². The van der Waals surface area contributed by atoms with Crippen molar-refractivity contribution in [3.05, 3.63) is 0 Å². The van der Waals surface area contributed by atoms with E-state index in [0.29, 0.717) is 12.1 Å². The van der Waals surface area contributed by atoms with Gasteiger partial charge in [-0.15, -0.1) is 0 Å². The van der Waals surface area contributed by atoms with E-state index < -0.39 is 0 Å². The molecule has 16 heavy (non-hydrogen) atoms. The highest BCUT2D eigenvalue weighted by Crippen LogP contribution is 2.16. The van der Waals surface area contributed by atoms with E-state index in [0.717, 1.165) is 45.4 Å². The molecular weight excluding hydrogens is 204 g/mol. The minimum atomic E-state index is 0.180. The van der Waals surface area contributed by atoms with Gasteiger partial charge in [-0.25, -0.2) is 0 Å². The number of carbonyl (C=O) groups is 1. The number of ether oxygens (including phenoxy) is 1. The lowest BCUT2D eigenvalue weighted by atomic mass is 9.96. The zero-order valence-electron chi connectivity index (χ0n) is 10.00. The van der Waals surface area contributed by atoms with Crippen LogP contribution < -0.4 is 10.6 Å². The molecule has 92 valence electrons. The highest BCUT2D eigenvalue weighted by Gasteiger charge is 2.25. The fourth-order valence-electron chi connectivity index (χ4n) is 2.54. The first-order chi connectivity index (χ1) is 7.75. The van der Waals surface area contributed by atoms with Crippen LogP contribution in [0.3, 0.4) is 0 Å². The Morgan fingerprint density at radius 2 is 2.06 bits per heavy atom. The average molecular weight is 226 g/mol. The summed E-state index contributed by atoms with van der Waals surface area (Å²) in [6, 6.07) is 0.889. The summed E-state index contributed by atoms with van der Waals surface area (Å²) in [7, 11) is 0. The Bertz CT molecular complexity index is 239. The lowest BCUT2D eigenvalue weighted by Crippen LogP contribution is -2.48. The van der Waals surface area contributed by atoms with Crippen molar-refractivity contribution in [2.45, 2.75) is 44.7 Å². The number of nitrogens with one attached hydrogen (secondary N) is 2. The predicted octanol–water partition coefficient (Wildman–Crippen LogP) is 0.670. The predicted molar refractivity (Wildman–Crippen MR) is 62.2 cm³/mol. The summed E-state index contributed by atoms with van der Waals surface area (Å²) < 4.78 is 5.27. The SMILES string of the molecule is CC1CC(NC(=O)C2CCOCC2)CCN1. The fourth-order valence-corrected chi connectivity index (χ4v) is 2.54. The second-order valence-electron chi connectivity index (χ2n) is 4.97. The molecule has 0 aromatic rings. The van der Waals surface area contributed by atoms with Crippen molar-refractivity contribution >= 4 is 5.91 Å². The molecule has 2 heterocycles. The van der Waals surface area contributed by atoms with Crippen LogP contribution in [0.4, 0.5) is 0 Å². The fraction of sp³-hybridized carbons (Fsp3) is 0.917. The standard InChI is InChI=1S/C12H22N2O2/c1-9-8-11(2-5-13-9)14-12(15)10-3-6-16-7-4-10/h9-11,13H,2-8H2,1H3,(H,14,15). The first kappa shape index (κ1) is 11.9. The third kappa shape index (κ3) is 3.19. The number of carbonyl (C=O) groups excluding carboxylic acids is 1. The Morgan fingerprint density at radius 3 is 2.75 bits per heavy atom. The van der Waals surface area contributed by atoms with Gasteiger partial charge in [-0.2, -0.15) is 0 Å². The van der Waals surface area contributed by atoms with E-state index in [-0.39, 0.29) is 11.8 Å². The summed E-state index contributed by atoms with van der Waals surface area (Å²) in [6.07, 6.45) is 3.87. The van der Waals surface area contributed by atoms with Crippen molar-refractivity contribution < 1.29 is 9.53 Å². The summed E-state index contributed by atoms with van der Waals surface area (Å²) in [5.41, 5.74) is 0. The Labute approximate surface area is 97.1 Å². The number of amides is 1. The van der Waals surface area contributed by atoms with E-state index in [1.807, 2.05) is 0 Å². The molecule has 2 unspecified atom stereocenters. The van der Waals surface area contributed by atoms with E-state index in [9.17, 15) is 4.79 Å². The van der Waals surface area contributed by atoms with Crippen molar-refractivity contribution in [1.29, 1.82) is 0 Å². The Balaban J connectivity index is 1.77. The molecule has 2 aliphatic heterocycles. The molecule has 0 aromatic carbocycles. The number of hydrogen-bond donors (Lipinski definition) is 2. The van der Waals surface area contributed by atoms with Gasteiger partial charge >= 0.3 is 0 Å². The van der Waals surface area contributed by atoms with Crippen LogP contribution in [-0.4, -0.2) is 37.7 Å². The van der Waals surface area contributed by atoms with Gasteiger partial charge in [-0.05, 0) is 39.2 Å². The second kappa shape index (κ2) is 5.64. The molecule has 0 radical (unpaired) electrons. The monoisotopic (exact) mass is 226 g/mol. The molecule has 2 fully saturated rings. The summed E-state index contributed by atoms with van der Waals surface area (Å²) in [6.45, 7) is 4.66. The molecule has 1 amide bonds. The van der Waals surface area contributed by atoms with Crippen LogP contribution in [0.5, 0.6) is 0 Å². The first-order valence-electron chi connectivity index (χ1n) is 6.37. The van der Waals surface area contributed by atoms with Gasteiger partial charge in [0.1, 0.15) is 0 Å². The van der Waals surface area contributed by atoms with Gasteiger partial charge in [0.2, 0.25) is 5.91 Å². The van der Waals surface area contributed by atoms with Crippen molar-refractivity contribution in [2.75, 3.05) is 19.8 Å². The molecule has 0 aromatic heterocycles. The summed E-state index contributed by atoms with van der Waals surface area (Å²) in [5, 5.41) is 6.58. The zero-order valence-corrected chi connectivity index (χ0v) is 10.00. The molecular formula is C12H22N2O2. The van der Waals surface area contributed by atoms with E-state index in [2.05, 4.69) is 17.6 Å². The third-order valence-corrected chi connectivity index (χ3v) is 3.56. The molecule has 0 bridgehead atoms. The highest BCUT2D eigenvalue weighted by molar-refractivity contribution is 5.79. The maximum atomic E-state index is 12.0. The van der Waals surface area contributed by atoms with Crippen molar-refractivity contribution in [3.8, 4) is 0 Å². The van der Waals surface area contributed by atoms with Crippen LogP contribution in [0.1, 0.15) is 32.6 Å². The van der Waals surface area contributed by atoms with Gasteiger partial charge < -0.3 is 15.4 Å². The van der Waals surface area contributed by atoms with Crippen molar-refractivity contribution in [3.63, 3.8) is 0 Å². The van der Waals surface area contributed by atoms with Crippen LogP contribution >= 0.6 is 0 Å². The summed E-state index contributed by atoms with van der Waals surface area (Å²) >= 11 is 0. The van der Waals surface area contributed by atoms with Gasteiger partial charge in [0.25, 0.3) is 0 Å². The van der Waals surface area contributed by atoms with E-state index in [1.165, 1.54) is 0 Å². The van der Waals surface area contributed by atoms with Crippen LogP contribution in [-0.2, 0) is 9.53 Å². The Hall–Kier alpha value is -0.610. The molecule has 0 saturated carbocycles. The number of piperidine rings is 1.